The molecule has 1 aromatic carbocycles. The predicted octanol–water partition coefficient (Wildman–Crippen LogP) is 3.77. The highest BCUT2D eigenvalue weighted by Crippen LogP contribution is 2.37. The van der Waals surface area contributed by atoms with Gasteiger partial charge in [0.25, 0.3) is 0 Å². The largest absolute Gasteiger partial charge is 0.431 e. The van der Waals surface area contributed by atoms with Gasteiger partial charge in [-0.2, -0.15) is 8.78 Å². The van der Waals surface area contributed by atoms with Crippen LogP contribution in [-0.4, -0.2) is 18.6 Å². The molecule has 1 rings (SSSR count). The number of amides is 1. The van der Waals surface area contributed by atoms with Crippen LogP contribution in [0.1, 0.15) is 19.8 Å². The van der Waals surface area contributed by atoms with E-state index in [0.29, 0.717) is 6.42 Å². The molecule has 0 aliphatic carbocycles. The monoisotopic (exact) mass is 370 g/mol. The molecule has 20 heavy (non-hydrogen) atoms. The van der Waals surface area contributed by atoms with Gasteiger partial charge in [0.15, 0.2) is 5.75 Å². The molecular formula is C12H14BrClF2N2O2. The van der Waals surface area contributed by atoms with Crippen molar-refractivity contribution in [3.8, 4) is 5.75 Å². The quantitative estimate of drug-likeness (QED) is 0.800. The van der Waals surface area contributed by atoms with Crippen molar-refractivity contribution in [3.05, 3.63) is 21.6 Å². The second kappa shape index (κ2) is 7.75. The first-order valence-electron chi connectivity index (χ1n) is 5.85. The van der Waals surface area contributed by atoms with E-state index in [1.807, 2.05) is 6.92 Å². The van der Waals surface area contributed by atoms with Crippen molar-refractivity contribution in [1.82, 2.24) is 0 Å². The normalized spacial score (nSPS) is 12.3. The number of alkyl halides is 2. The summed E-state index contributed by atoms with van der Waals surface area (Å²) >= 11 is 8.89. The fourth-order valence-corrected chi connectivity index (χ4v) is 2.43. The summed E-state index contributed by atoms with van der Waals surface area (Å²) in [6.45, 7) is -1.14. The molecule has 3 N–H and O–H groups in total. The molecule has 4 nitrogen and oxygen atoms in total. The van der Waals surface area contributed by atoms with Crippen LogP contribution in [0.25, 0.3) is 0 Å². The van der Waals surface area contributed by atoms with Gasteiger partial charge < -0.3 is 15.8 Å². The first-order valence-corrected chi connectivity index (χ1v) is 7.02. The number of halogens is 4. The lowest BCUT2D eigenvalue weighted by Crippen LogP contribution is -2.35. The number of hydrogen-bond acceptors (Lipinski definition) is 3. The van der Waals surface area contributed by atoms with E-state index in [2.05, 4.69) is 26.0 Å². The van der Waals surface area contributed by atoms with Crippen LogP contribution in [0, 0.1) is 0 Å². The van der Waals surface area contributed by atoms with Crippen LogP contribution < -0.4 is 15.8 Å². The number of rotatable bonds is 6. The lowest BCUT2D eigenvalue weighted by atomic mass is 10.1. The summed E-state index contributed by atoms with van der Waals surface area (Å²) < 4.78 is 29.4. The second-order valence-electron chi connectivity index (χ2n) is 4.03. The minimum absolute atomic E-state index is 0.0428. The Kier molecular flexibility index (Phi) is 6.64. The third-order valence-electron chi connectivity index (χ3n) is 2.41. The summed E-state index contributed by atoms with van der Waals surface area (Å²) in [7, 11) is 0. The molecule has 0 spiro atoms. The summed E-state index contributed by atoms with van der Waals surface area (Å²) in [6.07, 6.45) is 1.22. The Balaban J connectivity index is 3.00. The highest BCUT2D eigenvalue weighted by atomic mass is 79.9. The maximum Gasteiger partial charge on any atom is 0.387 e. The average molecular weight is 372 g/mol. The topological polar surface area (TPSA) is 64.4 Å². The van der Waals surface area contributed by atoms with E-state index in [9.17, 15) is 13.6 Å². The highest BCUT2D eigenvalue weighted by Gasteiger charge is 2.19. The van der Waals surface area contributed by atoms with E-state index in [1.165, 1.54) is 12.1 Å². The number of benzene rings is 1. The molecular weight excluding hydrogens is 357 g/mol. The van der Waals surface area contributed by atoms with Crippen LogP contribution in [-0.2, 0) is 4.79 Å². The molecule has 0 bridgehead atoms. The van der Waals surface area contributed by atoms with Gasteiger partial charge in [-0.15, -0.1) is 0 Å². The number of nitrogens with one attached hydrogen (secondary N) is 1. The smallest absolute Gasteiger partial charge is 0.387 e. The Bertz CT molecular complexity index is 489. The van der Waals surface area contributed by atoms with E-state index in [0.717, 1.165) is 6.42 Å². The standard InChI is InChI=1S/C12H14BrClF2N2O2/c1-2-3-8(17)11(19)18-9-5-6(14)4-7(13)10(9)20-12(15)16/h4-5,8,12H,2-3,17H2,1H3,(H,18,19)/t8-/m0/s1. The number of nitrogens with two attached hydrogens (primary N) is 1. The molecule has 8 heteroatoms. The number of carbonyl (C=O) groups excluding carboxylic acids is 1. The Hall–Kier alpha value is -0.920. The van der Waals surface area contributed by atoms with Crippen molar-refractivity contribution in [3.63, 3.8) is 0 Å². The lowest BCUT2D eigenvalue weighted by Gasteiger charge is -2.16. The van der Waals surface area contributed by atoms with Gasteiger partial charge in [-0.3, -0.25) is 4.79 Å². The van der Waals surface area contributed by atoms with Crippen LogP contribution in [0.4, 0.5) is 14.5 Å². The molecule has 0 heterocycles. The highest BCUT2D eigenvalue weighted by molar-refractivity contribution is 9.10. The van der Waals surface area contributed by atoms with Gasteiger partial charge in [0.2, 0.25) is 5.91 Å². The van der Waals surface area contributed by atoms with Crippen molar-refractivity contribution < 1.29 is 18.3 Å². The molecule has 0 saturated carbocycles. The van der Waals surface area contributed by atoms with E-state index in [4.69, 9.17) is 17.3 Å². The van der Waals surface area contributed by atoms with E-state index in [-0.39, 0.29) is 20.9 Å². The third-order valence-corrected chi connectivity index (χ3v) is 3.22. The summed E-state index contributed by atoms with van der Waals surface area (Å²) in [6, 6.07) is 1.98. The molecule has 0 unspecified atom stereocenters. The molecule has 112 valence electrons. The first kappa shape index (κ1) is 17.1. The molecule has 0 aromatic heterocycles. The Morgan fingerprint density at radius 2 is 2.20 bits per heavy atom. The number of anilines is 1. The second-order valence-corrected chi connectivity index (χ2v) is 5.32. The van der Waals surface area contributed by atoms with Crippen LogP contribution >= 0.6 is 27.5 Å². The van der Waals surface area contributed by atoms with Crippen LogP contribution in [0.5, 0.6) is 5.75 Å². The zero-order valence-electron chi connectivity index (χ0n) is 10.6. The van der Waals surface area contributed by atoms with Gasteiger partial charge in [0.05, 0.1) is 16.2 Å². The lowest BCUT2D eigenvalue weighted by molar-refractivity contribution is -0.117. The summed E-state index contributed by atoms with van der Waals surface area (Å²) in [5.41, 5.74) is 5.70. The fraction of sp³-hybridized carbons (Fsp3) is 0.417. The van der Waals surface area contributed by atoms with E-state index in [1.54, 1.807) is 0 Å². The molecule has 0 saturated heterocycles. The van der Waals surface area contributed by atoms with Gasteiger partial charge in [-0.25, -0.2) is 0 Å². The molecule has 1 amide bonds. The summed E-state index contributed by atoms with van der Waals surface area (Å²) in [5, 5.41) is 2.71. The maximum atomic E-state index is 12.4. The van der Waals surface area contributed by atoms with Crippen LogP contribution in [0.3, 0.4) is 0 Å². The molecule has 0 aliphatic rings. The minimum atomic E-state index is -3.02. The maximum absolute atomic E-state index is 12.4. The van der Waals surface area contributed by atoms with Gasteiger partial charge >= 0.3 is 6.61 Å². The number of carbonyl (C=O) groups is 1. The molecule has 1 aromatic rings. The average Bonchev–Trinajstić information content (AvgIpc) is 2.33. The number of hydrogen-bond donors (Lipinski definition) is 2. The summed E-state index contributed by atoms with van der Waals surface area (Å²) in [5.74, 6) is -0.679. The molecule has 0 fully saturated rings. The van der Waals surface area contributed by atoms with Gasteiger partial charge in [0.1, 0.15) is 0 Å². The van der Waals surface area contributed by atoms with Gasteiger partial charge in [-0.05, 0) is 34.5 Å². The van der Waals surface area contributed by atoms with Crippen LogP contribution in [0.2, 0.25) is 5.02 Å². The van der Waals surface area contributed by atoms with E-state index < -0.39 is 18.6 Å². The van der Waals surface area contributed by atoms with Gasteiger partial charge in [0, 0.05) is 5.02 Å². The third kappa shape index (κ3) is 4.88. The predicted molar refractivity (Wildman–Crippen MR) is 77.3 cm³/mol. The Morgan fingerprint density at radius 1 is 1.55 bits per heavy atom. The first-order chi connectivity index (χ1) is 9.35. The summed E-state index contributed by atoms with van der Waals surface area (Å²) in [4.78, 5) is 11.8. The fourth-order valence-electron chi connectivity index (χ4n) is 1.53. The molecule has 0 radical (unpaired) electrons. The molecule has 1 atom stereocenters. The van der Waals surface area contributed by atoms with Crippen LogP contribution in [0.15, 0.2) is 16.6 Å². The Labute approximate surface area is 128 Å². The Morgan fingerprint density at radius 3 is 2.75 bits per heavy atom. The SMILES string of the molecule is CCC[C@H](N)C(=O)Nc1cc(Cl)cc(Br)c1OC(F)F. The molecule has 0 aliphatic heterocycles. The van der Waals surface area contributed by atoms with E-state index >= 15 is 0 Å². The van der Waals surface area contributed by atoms with Crippen molar-refractivity contribution in [1.29, 1.82) is 0 Å². The van der Waals surface area contributed by atoms with Crippen molar-refractivity contribution >= 4 is 39.1 Å². The zero-order chi connectivity index (χ0) is 15.3. The van der Waals surface area contributed by atoms with Crippen molar-refractivity contribution in [2.24, 2.45) is 5.73 Å². The van der Waals surface area contributed by atoms with Crippen molar-refractivity contribution in [2.45, 2.75) is 32.4 Å². The minimum Gasteiger partial charge on any atom is -0.431 e. The zero-order valence-corrected chi connectivity index (χ0v) is 13.0. The van der Waals surface area contributed by atoms with Crippen molar-refractivity contribution in [2.75, 3.05) is 5.32 Å². The number of ether oxygens (including phenoxy) is 1. The van der Waals surface area contributed by atoms with Gasteiger partial charge in [-0.1, -0.05) is 24.9 Å².